The van der Waals surface area contributed by atoms with Crippen molar-refractivity contribution in [2.45, 2.75) is 30.7 Å². The van der Waals surface area contributed by atoms with Crippen LogP contribution in [0.15, 0.2) is 35.9 Å². The Bertz CT molecular complexity index is 789. The summed E-state index contributed by atoms with van der Waals surface area (Å²) in [5, 5.41) is 66.5. The molecule has 1 fully saturated rings. The summed E-state index contributed by atoms with van der Waals surface area (Å²) in [6, 6.07) is 3.99. The fraction of sp³-hybridized carbons (Fsp3) is 0.450. The lowest BCUT2D eigenvalue weighted by Crippen LogP contribution is -2.59. The molecule has 0 bridgehead atoms. The highest BCUT2D eigenvalue weighted by Crippen LogP contribution is 2.25. The molecule has 172 valence electrons. The van der Waals surface area contributed by atoms with Crippen LogP contribution in [0.3, 0.4) is 0 Å². The standard InChI is InChI=1S/C20H26O11/c21-6-5-12(10-30-20-19(28)18(27)17(26)15(8-22)31-20)9-29-16(25)4-2-11-1-3-13(23)14(24)7-11/h1-5,7,15,17-24,26-28H,6,8-10H2/b4-2+,12-5+/t15-,17-,18+,19-,20-/m1/s1. The molecule has 11 nitrogen and oxygen atoms in total. The van der Waals surface area contributed by atoms with Crippen LogP contribution in [0, 0.1) is 0 Å². The molecule has 5 atom stereocenters. The van der Waals surface area contributed by atoms with Crippen LogP contribution >= 0.6 is 0 Å². The number of esters is 1. The van der Waals surface area contributed by atoms with Crippen LogP contribution in [0.1, 0.15) is 5.56 Å². The number of hydrogen-bond donors (Lipinski definition) is 7. The normalized spacial score (nSPS) is 26.9. The van der Waals surface area contributed by atoms with Gasteiger partial charge in [0.2, 0.25) is 0 Å². The summed E-state index contributed by atoms with van der Waals surface area (Å²) < 4.78 is 15.6. The van der Waals surface area contributed by atoms with E-state index in [4.69, 9.17) is 19.3 Å². The van der Waals surface area contributed by atoms with E-state index in [-0.39, 0.29) is 31.3 Å². The summed E-state index contributed by atoms with van der Waals surface area (Å²) in [7, 11) is 0. The van der Waals surface area contributed by atoms with Gasteiger partial charge in [-0.1, -0.05) is 12.1 Å². The zero-order chi connectivity index (χ0) is 23.0. The van der Waals surface area contributed by atoms with E-state index in [1.54, 1.807) is 0 Å². The van der Waals surface area contributed by atoms with E-state index in [1.165, 1.54) is 30.4 Å². The Labute approximate surface area is 177 Å². The molecule has 0 aliphatic carbocycles. The zero-order valence-corrected chi connectivity index (χ0v) is 16.4. The molecule has 1 heterocycles. The molecule has 7 N–H and O–H groups in total. The van der Waals surface area contributed by atoms with Gasteiger partial charge < -0.3 is 50.0 Å². The quantitative estimate of drug-likeness (QED) is 0.101. The van der Waals surface area contributed by atoms with Gasteiger partial charge in [-0.2, -0.15) is 0 Å². The third-order valence-electron chi connectivity index (χ3n) is 4.47. The Hall–Kier alpha value is -2.51. The number of phenolic OH excluding ortho intramolecular Hbond substituents is 2. The average molecular weight is 442 g/mol. The van der Waals surface area contributed by atoms with Crippen molar-refractivity contribution in [3.05, 3.63) is 41.5 Å². The third kappa shape index (κ3) is 7.01. The fourth-order valence-corrected chi connectivity index (χ4v) is 2.70. The van der Waals surface area contributed by atoms with Gasteiger partial charge in [0.05, 0.1) is 19.8 Å². The predicted octanol–water partition coefficient (Wildman–Crippen LogP) is -1.61. The number of aromatic hydroxyl groups is 2. The summed E-state index contributed by atoms with van der Waals surface area (Å²) >= 11 is 0. The summed E-state index contributed by atoms with van der Waals surface area (Å²) in [5.74, 6) is -1.36. The highest BCUT2D eigenvalue weighted by atomic mass is 16.7. The summed E-state index contributed by atoms with van der Waals surface area (Å²) in [4.78, 5) is 11.9. The Morgan fingerprint density at radius 3 is 2.42 bits per heavy atom. The lowest BCUT2D eigenvalue weighted by atomic mass is 9.99. The molecule has 2 rings (SSSR count). The molecule has 1 aromatic rings. The monoisotopic (exact) mass is 442 g/mol. The molecule has 1 aromatic carbocycles. The van der Waals surface area contributed by atoms with Crippen molar-refractivity contribution >= 4 is 12.0 Å². The summed E-state index contributed by atoms with van der Waals surface area (Å²) in [6.45, 7) is -1.49. The highest BCUT2D eigenvalue weighted by Gasteiger charge is 2.44. The van der Waals surface area contributed by atoms with Gasteiger partial charge in [-0.3, -0.25) is 0 Å². The average Bonchev–Trinajstić information content (AvgIpc) is 2.76. The van der Waals surface area contributed by atoms with E-state index in [0.29, 0.717) is 11.1 Å². The predicted molar refractivity (Wildman–Crippen MR) is 105 cm³/mol. The molecule has 0 radical (unpaired) electrons. The first-order valence-corrected chi connectivity index (χ1v) is 9.34. The third-order valence-corrected chi connectivity index (χ3v) is 4.47. The number of aliphatic hydroxyl groups is 5. The molecule has 0 unspecified atom stereocenters. The van der Waals surface area contributed by atoms with Crippen LogP contribution in [0.4, 0.5) is 0 Å². The molecule has 0 aromatic heterocycles. The maximum atomic E-state index is 11.9. The molecule has 1 aliphatic heterocycles. The largest absolute Gasteiger partial charge is 0.504 e. The second-order valence-corrected chi connectivity index (χ2v) is 6.74. The number of benzene rings is 1. The molecule has 1 saturated heterocycles. The lowest BCUT2D eigenvalue weighted by Gasteiger charge is -2.39. The summed E-state index contributed by atoms with van der Waals surface area (Å²) in [5.41, 5.74) is 0.771. The van der Waals surface area contributed by atoms with E-state index < -0.39 is 43.3 Å². The minimum atomic E-state index is -1.59. The van der Waals surface area contributed by atoms with E-state index in [1.807, 2.05) is 0 Å². The van der Waals surface area contributed by atoms with Gasteiger partial charge in [-0.25, -0.2) is 4.79 Å². The Morgan fingerprint density at radius 2 is 1.77 bits per heavy atom. The molecule has 0 spiro atoms. The molecular weight excluding hydrogens is 416 g/mol. The number of phenols is 2. The van der Waals surface area contributed by atoms with Crippen molar-refractivity contribution in [1.82, 2.24) is 0 Å². The number of carbonyl (C=O) groups excluding carboxylic acids is 1. The minimum Gasteiger partial charge on any atom is -0.504 e. The Kier molecular flexibility index (Phi) is 9.40. The first-order valence-electron chi connectivity index (χ1n) is 9.34. The first kappa shape index (κ1) is 24.8. The Balaban J connectivity index is 1.88. The fourth-order valence-electron chi connectivity index (χ4n) is 2.70. The molecule has 31 heavy (non-hydrogen) atoms. The van der Waals surface area contributed by atoms with Crippen LogP contribution in [-0.2, 0) is 19.0 Å². The van der Waals surface area contributed by atoms with Crippen molar-refractivity contribution < 1.29 is 54.8 Å². The van der Waals surface area contributed by atoms with Crippen molar-refractivity contribution in [3.63, 3.8) is 0 Å². The van der Waals surface area contributed by atoms with Gasteiger partial charge in [0.25, 0.3) is 0 Å². The van der Waals surface area contributed by atoms with Gasteiger partial charge in [0, 0.05) is 6.08 Å². The number of ether oxygens (including phenoxy) is 3. The molecule has 0 amide bonds. The summed E-state index contributed by atoms with van der Waals surface area (Å²) in [6.07, 6.45) is -3.41. The number of aliphatic hydroxyl groups excluding tert-OH is 5. The van der Waals surface area contributed by atoms with Crippen molar-refractivity contribution in [2.75, 3.05) is 26.4 Å². The van der Waals surface area contributed by atoms with E-state index in [9.17, 15) is 35.4 Å². The van der Waals surface area contributed by atoms with Crippen molar-refractivity contribution in [1.29, 1.82) is 0 Å². The minimum absolute atomic E-state index is 0.244. The molecule has 0 saturated carbocycles. The SMILES string of the molecule is O=C(/C=C/c1ccc(O)c(O)c1)OC/C(=C\CO)CO[C@@H]1O[C@H](CO)[C@@H](O)[C@H](O)[C@H]1O. The van der Waals surface area contributed by atoms with Gasteiger partial charge in [-0.15, -0.1) is 0 Å². The second kappa shape index (κ2) is 11.8. The Morgan fingerprint density at radius 1 is 1.03 bits per heavy atom. The maximum Gasteiger partial charge on any atom is 0.331 e. The van der Waals surface area contributed by atoms with Crippen LogP contribution in [-0.4, -0.2) is 98.8 Å². The lowest BCUT2D eigenvalue weighted by molar-refractivity contribution is -0.299. The number of hydrogen-bond acceptors (Lipinski definition) is 11. The van der Waals surface area contributed by atoms with E-state index >= 15 is 0 Å². The van der Waals surface area contributed by atoms with Crippen molar-refractivity contribution in [2.24, 2.45) is 0 Å². The topological polar surface area (TPSA) is 186 Å². The smallest absolute Gasteiger partial charge is 0.331 e. The van der Waals surface area contributed by atoms with Gasteiger partial charge >= 0.3 is 5.97 Å². The number of rotatable bonds is 9. The number of carbonyl (C=O) groups is 1. The van der Waals surface area contributed by atoms with Crippen LogP contribution in [0.2, 0.25) is 0 Å². The van der Waals surface area contributed by atoms with Gasteiger partial charge in [0.1, 0.15) is 31.0 Å². The molecule has 1 aliphatic rings. The molecular formula is C20H26O11. The van der Waals surface area contributed by atoms with Crippen LogP contribution in [0.5, 0.6) is 11.5 Å². The molecule has 11 heteroatoms. The zero-order valence-electron chi connectivity index (χ0n) is 16.4. The van der Waals surface area contributed by atoms with E-state index in [0.717, 1.165) is 6.08 Å². The van der Waals surface area contributed by atoms with E-state index in [2.05, 4.69) is 0 Å². The maximum absolute atomic E-state index is 11.9. The van der Waals surface area contributed by atoms with Gasteiger partial charge in [0.15, 0.2) is 17.8 Å². The first-order chi connectivity index (χ1) is 14.8. The van der Waals surface area contributed by atoms with Crippen LogP contribution < -0.4 is 0 Å². The highest BCUT2D eigenvalue weighted by molar-refractivity contribution is 5.87. The van der Waals surface area contributed by atoms with Crippen molar-refractivity contribution in [3.8, 4) is 11.5 Å². The second-order valence-electron chi connectivity index (χ2n) is 6.74. The van der Waals surface area contributed by atoms with Gasteiger partial charge in [-0.05, 0) is 29.3 Å². The van der Waals surface area contributed by atoms with Crippen LogP contribution in [0.25, 0.3) is 6.08 Å².